The van der Waals surface area contributed by atoms with Crippen molar-refractivity contribution in [3.63, 3.8) is 0 Å². The third-order valence-corrected chi connectivity index (χ3v) is 13.5. The predicted molar refractivity (Wildman–Crippen MR) is 242 cm³/mol. The average molecular weight is 734 g/mol. The summed E-state index contributed by atoms with van der Waals surface area (Å²) in [7, 11) is 0. The lowest BCUT2D eigenvalue weighted by atomic mass is 9.63. The summed E-state index contributed by atoms with van der Waals surface area (Å²) in [6, 6.07) is 61.1. The third kappa shape index (κ3) is 4.48. The van der Waals surface area contributed by atoms with Gasteiger partial charge in [-0.3, -0.25) is 0 Å². The highest BCUT2D eigenvalue weighted by atomic mass is 15.0. The lowest BCUT2D eigenvalue weighted by molar-refractivity contribution is 0.332. The molecule has 3 heteroatoms. The molecule has 0 aliphatic heterocycles. The van der Waals surface area contributed by atoms with Gasteiger partial charge >= 0.3 is 0 Å². The molecule has 0 saturated carbocycles. The van der Waals surface area contributed by atoms with Gasteiger partial charge in [-0.25, -0.2) is 0 Å². The quantitative estimate of drug-likeness (QED) is 0.172. The molecular weight excluding hydrogens is 691 g/mol. The summed E-state index contributed by atoms with van der Waals surface area (Å²) < 4.78 is 7.43. The number of hydrogen-bond acceptors (Lipinski definition) is 0. The molecule has 57 heavy (non-hydrogen) atoms. The van der Waals surface area contributed by atoms with Crippen molar-refractivity contribution in [2.45, 2.75) is 51.4 Å². The molecule has 0 fully saturated rings. The molecule has 0 saturated heterocycles. The van der Waals surface area contributed by atoms with Crippen LogP contribution in [-0.2, 0) is 10.8 Å². The molecular formula is C54H43N3. The van der Waals surface area contributed by atoms with Crippen molar-refractivity contribution in [3.8, 4) is 17.1 Å². The van der Waals surface area contributed by atoms with Crippen LogP contribution in [0.25, 0.3) is 93.3 Å². The molecule has 0 spiro atoms. The molecule has 0 atom stereocenters. The first kappa shape index (κ1) is 32.6. The fourth-order valence-electron chi connectivity index (χ4n) is 10.5. The number of hydrogen-bond donors (Lipinski definition) is 0. The van der Waals surface area contributed by atoms with Gasteiger partial charge in [0.1, 0.15) is 0 Å². The molecule has 1 aliphatic rings. The Balaban J connectivity index is 1.20. The summed E-state index contributed by atoms with van der Waals surface area (Å²) in [4.78, 5) is 0. The van der Waals surface area contributed by atoms with Crippen molar-refractivity contribution in [2.75, 3.05) is 0 Å². The third-order valence-electron chi connectivity index (χ3n) is 13.5. The summed E-state index contributed by atoms with van der Waals surface area (Å²) in [6.45, 7) is 9.77. The number of aromatic nitrogens is 3. The average Bonchev–Trinajstić information content (AvgIpc) is 3.88. The van der Waals surface area contributed by atoms with Gasteiger partial charge in [0.25, 0.3) is 0 Å². The number of benzene rings is 8. The molecule has 0 bridgehead atoms. The van der Waals surface area contributed by atoms with E-state index >= 15 is 0 Å². The first-order chi connectivity index (χ1) is 27.8. The second-order valence-electron chi connectivity index (χ2n) is 17.6. The minimum atomic E-state index is 0.0902. The summed E-state index contributed by atoms with van der Waals surface area (Å²) in [5.74, 6) is 0. The van der Waals surface area contributed by atoms with Gasteiger partial charge in [-0.1, -0.05) is 113 Å². The lowest BCUT2D eigenvalue weighted by Gasteiger charge is -2.42. The molecule has 12 rings (SSSR count). The van der Waals surface area contributed by atoms with Gasteiger partial charge in [-0.2, -0.15) is 0 Å². The fraction of sp³-hybridized carbons (Fsp3) is 0.148. The number of rotatable bonds is 3. The molecule has 0 N–H and O–H groups in total. The van der Waals surface area contributed by atoms with Crippen molar-refractivity contribution in [2.24, 2.45) is 0 Å². The summed E-state index contributed by atoms with van der Waals surface area (Å²) in [5, 5.41) is 10.4. The van der Waals surface area contributed by atoms with E-state index in [1.807, 2.05) is 0 Å². The van der Waals surface area contributed by atoms with Crippen molar-refractivity contribution < 1.29 is 0 Å². The minimum absolute atomic E-state index is 0.0902. The van der Waals surface area contributed by atoms with Gasteiger partial charge in [0.2, 0.25) is 0 Å². The molecule has 0 unspecified atom stereocenters. The Labute approximate surface area is 332 Å². The van der Waals surface area contributed by atoms with Crippen molar-refractivity contribution >= 4 is 76.2 Å². The second-order valence-corrected chi connectivity index (χ2v) is 17.6. The number of para-hydroxylation sites is 3. The standard InChI is InChI=1S/C54H43N3/c1-53(2)30-31-54(3,4)43-33-49-41(32-42(43)53)51-47(57(49)35-15-6-5-7-16-35)28-29-48-52(51)50-38-17-9-8-14-34(38)22-27-46(50)56(48)37-25-23-36(24-26-37)55-44-20-12-10-18-39(44)40-19-11-13-21-45(40)55/h5-29,32-33H,30-31H2,1-4H3. The normalized spacial score (nSPS) is 15.2. The first-order valence-corrected chi connectivity index (χ1v) is 20.4. The zero-order chi connectivity index (χ0) is 38.2. The maximum absolute atomic E-state index is 2.58. The van der Waals surface area contributed by atoms with Gasteiger partial charge in [0, 0.05) is 49.4 Å². The van der Waals surface area contributed by atoms with Crippen LogP contribution in [0.1, 0.15) is 51.7 Å². The van der Waals surface area contributed by atoms with Crippen LogP contribution in [0.4, 0.5) is 0 Å². The van der Waals surface area contributed by atoms with Crippen LogP contribution in [-0.4, -0.2) is 13.7 Å². The van der Waals surface area contributed by atoms with E-state index < -0.39 is 0 Å². The molecule has 11 aromatic rings. The van der Waals surface area contributed by atoms with E-state index in [9.17, 15) is 0 Å². The summed E-state index contributed by atoms with van der Waals surface area (Å²) >= 11 is 0. The highest BCUT2D eigenvalue weighted by molar-refractivity contribution is 6.33. The second kappa shape index (κ2) is 11.5. The zero-order valence-electron chi connectivity index (χ0n) is 32.8. The molecule has 3 heterocycles. The van der Waals surface area contributed by atoms with Gasteiger partial charge in [-0.15, -0.1) is 0 Å². The van der Waals surface area contributed by atoms with E-state index in [0.717, 1.165) is 11.4 Å². The zero-order valence-corrected chi connectivity index (χ0v) is 32.8. The summed E-state index contributed by atoms with van der Waals surface area (Å²) in [5.41, 5.74) is 14.1. The van der Waals surface area contributed by atoms with Crippen molar-refractivity contribution in [1.29, 1.82) is 0 Å². The fourth-order valence-corrected chi connectivity index (χ4v) is 10.5. The number of nitrogens with zero attached hydrogens (tertiary/aromatic N) is 3. The monoisotopic (exact) mass is 733 g/mol. The van der Waals surface area contributed by atoms with E-state index in [1.54, 1.807) is 0 Å². The largest absolute Gasteiger partial charge is 0.309 e. The van der Waals surface area contributed by atoms with Crippen molar-refractivity contribution in [3.05, 3.63) is 175 Å². The molecule has 3 aromatic heterocycles. The lowest BCUT2D eigenvalue weighted by Crippen LogP contribution is -2.33. The van der Waals surface area contributed by atoms with Crippen LogP contribution in [0, 0.1) is 0 Å². The molecule has 1 aliphatic carbocycles. The minimum Gasteiger partial charge on any atom is -0.309 e. The van der Waals surface area contributed by atoms with Crippen molar-refractivity contribution in [1.82, 2.24) is 13.7 Å². The Morgan fingerprint density at radius 3 is 1.40 bits per heavy atom. The highest BCUT2D eigenvalue weighted by Gasteiger charge is 2.38. The Kier molecular flexibility index (Phi) is 6.58. The Hall–Kier alpha value is -6.58. The van der Waals surface area contributed by atoms with Gasteiger partial charge < -0.3 is 13.7 Å². The predicted octanol–water partition coefficient (Wildman–Crippen LogP) is 14.5. The van der Waals surface area contributed by atoms with E-state index in [-0.39, 0.29) is 10.8 Å². The smallest absolute Gasteiger partial charge is 0.0549 e. The summed E-state index contributed by atoms with van der Waals surface area (Å²) in [6.07, 6.45) is 2.36. The Morgan fingerprint density at radius 1 is 0.333 bits per heavy atom. The SMILES string of the molecule is CC1(C)CCC(C)(C)c2cc3c(cc21)c1c2c4c5ccccc5ccc4n(-c4ccc(-n5c6ccccc6c6ccccc65)cc4)c2ccc1n3-c1ccccc1. The molecule has 3 nitrogen and oxygen atoms in total. The molecule has 8 aromatic carbocycles. The maximum atomic E-state index is 2.58. The molecule has 0 amide bonds. The van der Waals surface area contributed by atoms with Crippen LogP contribution in [0.15, 0.2) is 164 Å². The van der Waals surface area contributed by atoms with E-state index in [2.05, 4.69) is 205 Å². The van der Waals surface area contributed by atoms with Crippen LogP contribution in [0.2, 0.25) is 0 Å². The first-order valence-electron chi connectivity index (χ1n) is 20.4. The van der Waals surface area contributed by atoms with Crippen LogP contribution >= 0.6 is 0 Å². The Bertz CT molecular complexity index is 3390. The van der Waals surface area contributed by atoms with E-state index in [0.29, 0.717) is 0 Å². The number of fused-ring (bicyclic) bond motifs is 13. The maximum Gasteiger partial charge on any atom is 0.0549 e. The van der Waals surface area contributed by atoms with Crippen LogP contribution in [0.3, 0.4) is 0 Å². The van der Waals surface area contributed by atoms with Crippen LogP contribution < -0.4 is 0 Å². The Morgan fingerprint density at radius 2 is 0.772 bits per heavy atom. The molecule has 0 radical (unpaired) electrons. The highest BCUT2D eigenvalue weighted by Crippen LogP contribution is 2.50. The van der Waals surface area contributed by atoms with Crippen LogP contribution in [0.5, 0.6) is 0 Å². The van der Waals surface area contributed by atoms with Gasteiger partial charge in [-0.05, 0) is 124 Å². The van der Waals surface area contributed by atoms with Gasteiger partial charge in [0.05, 0.1) is 33.1 Å². The topological polar surface area (TPSA) is 14.8 Å². The molecule has 274 valence electrons. The van der Waals surface area contributed by atoms with E-state index in [1.165, 1.54) is 106 Å². The van der Waals surface area contributed by atoms with E-state index in [4.69, 9.17) is 0 Å². The van der Waals surface area contributed by atoms with Gasteiger partial charge in [0.15, 0.2) is 0 Å².